The van der Waals surface area contributed by atoms with Crippen LogP contribution in [0.15, 0.2) is 34.7 Å². The first kappa shape index (κ1) is 11.0. The number of hydrogen-bond acceptors (Lipinski definition) is 2. The van der Waals surface area contributed by atoms with Crippen LogP contribution in [0.5, 0.6) is 0 Å². The molecular weight excluding hydrogens is 222 g/mol. The van der Waals surface area contributed by atoms with Crippen LogP contribution in [0.4, 0.5) is 0 Å². The molecule has 1 heterocycles. The van der Waals surface area contributed by atoms with Crippen LogP contribution in [0.25, 0.3) is 12.2 Å². The van der Waals surface area contributed by atoms with Gasteiger partial charge in [0.2, 0.25) is 5.89 Å². The monoisotopic (exact) mass is 233 g/mol. The molecule has 0 aliphatic carbocycles. The van der Waals surface area contributed by atoms with Crippen molar-refractivity contribution in [1.29, 1.82) is 0 Å². The number of aryl methyl sites for hydroxylation is 1. The van der Waals surface area contributed by atoms with Gasteiger partial charge in [-0.1, -0.05) is 30.3 Å². The van der Waals surface area contributed by atoms with Gasteiger partial charge in [0.05, 0.1) is 11.6 Å². The van der Waals surface area contributed by atoms with Crippen molar-refractivity contribution in [2.45, 2.75) is 12.8 Å². The smallest absolute Gasteiger partial charge is 0.219 e. The second kappa shape index (κ2) is 4.99. The van der Waals surface area contributed by atoms with Crippen LogP contribution in [0.3, 0.4) is 0 Å². The maximum atomic E-state index is 5.72. The summed E-state index contributed by atoms with van der Waals surface area (Å²) in [4.78, 5) is 4.26. The minimum Gasteiger partial charge on any atom is -0.442 e. The highest BCUT2D eigenvalue weighted by molar-refractivity contribution is 6.16. The maximum Gasteiger partial charge on any atom is 0.219 e. The van der Waals surface area contributed by atoms with Crippen molar-refractivity contribution in [1.82, 2.24) is 4.98 Å². The van der Waals surface area contributed by atoms with Gasteiger partial charge in [0.1, 0.15) is 5.76 Å². The van der Waals surface area contributed by atoms with Crippen LogP contribution < -0.4 is 0 Å². The molecule has 0 atom stereocenters. The van der Waals surface area contributed by atoms with Gasteiger partial charge in [0.15, 0.2) is 0 Å². The van der Waals surface area contributed by atoms with Gasteiger partial charge in [-0.3, -0.25) is 0 Å². The van der Waals surface area contributed by atoms with Crippen LogP contribution in [0.1, 0.15) is 22.9 Å². The van der Waals surface area contributed by atoms with E-state index in [1.165, 1.54) is 0 Å². The first-order chi connectivity index (χ1) is 7.79. The summed E-state index contributed by atoms with van der Waals surface area (Å²) in [5, 5.41) is 0. The van der Waals surface area contributed by atoms with E-state index in [9.17, 15) is 0 Å². The zero-order chi connectivity index (χ0) is 11.4. The third-order valence-electron chi connectivity index (χ3n) is 2.25. The second-order valence-corrected chi connectivity index (χ2v) is 3.70. The topological polar surface area (TPSA) is 26.0 Å². The first-order valence-corrected chi connectivity index (χ1v) is 5.58. The third-order valence-corrected chi connectivity index (χ3v) is 2.51. The van der Waals surface area contributed by atoms with Gasteiger partial charge in [0.25, 0.3) is 0 Å². The van der Waals surface area contributed by atoms with E-state index < -0.39 is 0 Å². The molecule has 0 aliphatic rings. The zero-order valence-electron chi connectivity index (χ0n) is 8.98. The van der Waals surface area contributed by atoms with Gasteiger partial charge in [-0.15, -0.1) is 11.6 Å². The number of rotatable bonds is 3. The molecule has 0 bridgehead atoms. The van der Waals surface area contributed by atoms with E-state index >= 15 is 0 Å². The molecule has 0 saturated carbocycles. The van der Waals surface area contributed by atoms with E-state index in [2.05, 4.69) is 4.98 Å². The van der Waals surface area contributed by atoms with Gasteiger partial charge in [-0.2, -0.15) is 0 Å². The highest BCUT2D eigenvalue weighted by Gasteiger charge is 2.05. The molecule has 0 spiro atoms. The fourth-order valence-corrected chi connectivity index (χ4v) is 1.63. The predicted octanol–water partition coefficient (Wildman–Crippen LogP) is 3.89. The average molecular weight is 234 g/mol. The quantitative estimate of drug-likeness (QED) is 0.752. The Morgan fingerprint density at radius 3 is 2.62 bits per heavy atom. The minimum absolute atomic E-state index is 0.383. The maximum absolute atomic E-state index is 5.72. The molecule has 2 aromatic rings. The first-order valence-electron chi connectivity index (χ1n) is 5.05. The largest absolute Gasteiger partial charge is 0.442 e. The molecule has 0 aliphatic heterocycles. The van der Waals surface area contributed by atoms with Gasteiger partial charge >= 0.3 is 0 Å². The average Bonchev–Trinajstić information content (AvgIpc) is 2.69. The van der Waals surface area contributed by atoms with Crippen LogP contribution in [-0.2, 0) is 5.88 Å². The molecule has 0 N–H and O–H groups in total. The minimum atomic E-state index is 0.383. The van der Waals surface area contributed by atoms with E-state index in [4.69, 9.17) is 16.0 Å². The molecule has 0 amide bonds. The summed E-state index contributed by atoms with van der Waals surface area (Å²) >= 11 is 5.72. The molecule has 1 aromatic carbocycles. The summed E-state index contributed by atoms with van der Waals surface area (Å²) in [6, 6.07) is 10.0. The third kappa shape index (κ3) is 2.52. The normalized spacial score (nSPS) is 11.1. The standard InChI is InChI=1S/C13H12ClNO/c1-10-12(9-14)15-13(16-10)8-7-11-5-3-2-4-6-11/h2-8H,9H2,1H3. The Balaban J connectivity index is 2.18. The predicted molar refractivity (Wildman–Crippen MR) is 66.2 cm³/mol. The molecular formula is C13H12ClNO. The molecule has 0 unspecified atom stereocenters. The number of aromatic nitrogens is 1. The number of oxazole rings is 1. The van der Waals surface area contributed by atoms with E-state index in [-0.39, 0.29) is 0 Å². The Bertz CT molecular complexity index is 488. The highest BCUT2D eigenvalue weighted by atomic mass is 35.5. The molecule has 0 radical (unpaired) electrons. The van der Waals surface area contributed by atoms with Gasteiger partial charge < -0.3 is 4.42 Å². The van der Waals surface area contributed by atoms with Crippen molar-refractivity contribution in [3.8, 4) is 0 Å². The number of nitrogens with zero attached hydrogens (tertiary/aromatic N) is 1. The Morgan fingerprint density at radius 1 is 1.25 bits per heavy atom. The molecule has 1 aromatic heterocycles. The Hall–Kier alpha value is -1.54. The van der Waals surface area contributed by atoms with Crippen LogP contribution in [0.2, 0.25) is 0 Å². The fourth-order valence-electron chi connectivity index (χ4n) is 1.38. The zero-order valence-corrected chi connectivity index (χ0v) is 9.74. The summed E-state index contributed by atoms with van der Waals surface area (Å²) < 4.78 is 5.44. The molecule has 3 heteroatoms. The Kier molecular flexibility index (Phi) is 3.42. The number of benzene rings is 1. The van der Waals surface area contributed by atoms with E-state index in [1.807, 2.05) is 49.4 Å². The van der Waals surface area contributed by atoms with E-state index in [0.717, 1.165) is 17.0 Å². The van der Waals surface area contributed by atoms with E-state index in [1.54, 1.807) is 0 Å². The molecule has 16 heavy (non-hydrogen) atoms. The lowest BCUT2D eigenvalue weighted by molar-refractivity contribution is 0.515. The van der Waals surface area contributed by atoms with Crippen LogP contribution in [0, 0.1) is 6.92 Å². The Morgan fingerprint density at radius 2 is 2.00 bits per heavy atom. The van der Waals surface area contributed by atoms with Gasteiger partial charge in [-0.05, 0) is 18.6 Å². The lowest BCUT2D eigenvalue weighted by Crippen LogP contribution is -1.79. The van der Waals surface area contributed by atoms with Crippen molar-refractivity contribution in [3.63, 3.8) is 0 Å². The SMILES string of the molecule is Cc1oc(C=Cc2ccccc2)nc1CCl. The van der Waals surface area contributed by atoms with Crippen molar-refractivity contribution < 1.29 is 4.42 Å². The van der Waals surface area contributed by atoms with Crippen molar-refractivity contribution in [2.24, 2.45) is 0 Å². The summed E-state index contributed by atoms with van der Waals surface area (Å²) in [6.07, 6.45) is 3.81. The molecule has 0 saturated heterocycles. The molecule has 2 nitrogen and oxygen atoms in total. The van der Waals surface area contributed by atoms with E-state index in [0.29, 0.717) is 11.8 Å². The molecule has 2 rings (SSSR count). The lowest BCUT2D eigenvalue weighted by Gasteiger charge is -1.89. The van der Waals surface area contributed by atoms with Gasteiger partial charge in [0, 0.05) is 6.08 Å². The lowest BCUT2D eigenvalue weighted by atomic mass is 10.2. The highest BCUT2D eigenvalue weighted by Crippen LogP contribution is 2.14. The van der Waals surface area contributed by atoms with Crippen LogP contribution in [-0.4, -0.2) is 4.98 Å². The van der Waals surface area contributed by atoms with Crippen molar-refractivity contribution >= 4 is 23.8 Å². The number of alkyl halides is 1. The number of halogens is 1. The molecule has 82 valence electrons. The fraction of sp³-hybridized carbons (Fsp3) is 0.154. The van der Waals surface area contributed by atoms with Crippen molar-refractivity contribution in [3.05, 3.63) is 53.2 Å². The van der Waals surface area contributed by atoms with Crippen LogP contribution >= 0.6 is 11.6 Å². The second-order valence-electron chi connectivity index (χ2n) is 3.43. The summed E-state index contributed by atoms with van der Waals surface area (Å²) in [6.45, 7) is 1.87. The van der Waals surface area contributed by atoms with Gasteiger partial charge in [-0.25, -0.2) is 4.98 Å². The molecule has 0 fully saturated rings. The summed E-state index contributed by atoms with van der Waals surface area (Å²) in [5.74, 6) is 1.76. The Labute approximate surface area is 99.6 Å². The van der Waals surface area contributed by atoms with Crippen molar-refractivity contribution in [2.75, 3.05) is 0 Å². The summed E-state index contributed by atoms with van der Waals surface area (Å²) in [7, 11) is 0. The summed E-state index contributed by atoms with van der Waals surface area (Å²) in [5.41, 5.74) is 1.92. The number of hydrogen-bond donors (Lipinski definition) is 0.